The molecule has 1 N–H and O–H groups in total. The predicted octanol–water partition coefficient (Wildman–Crippen LogP) is 3.63. The number of nitrogens with one attached hydrogen (secondary N) is 1. The molecule has 0 bridgehead atoms. The SMILES string of the molecule is O=C(NCc1cccc(S(=O)(=O)N2CCCCC2)c1)c1cnn(-c2cccc(Cl)c2)c1. The largest absolute Gasteiger partial charge is 0.348 e. The van der Waals surface area contributed by atoms with Gasteiger partial charge in [0, 0.05) is 30.9 Å². The lowest BCUT2D eigenvalue weighted by molar-refractivity contribution is 0.0951. The van der Waals surface area contributed by atoms with Gasteiger partial charge in [-0.2, -0.15) is 9.40 Å². The molecular weight excluding hydrogens is 436 g/mol. The van der Waals surface area contributed by atoms with Crippen LogP contribution in [0.25, 0.3) is 5.69 Å². The Morgan fingerprint density at radius 1 is 1.06 bits per heavy atom. The standard InChI is InChI=1S/C22H23ClN4O3S/c23-19-7-5-8-20(13-19)27-16-18(15-25-27)22(28)24-14-17-6-4-9-21(12-17)31(29,30)26-10-2-1-3-11-26/h4-9,12-13,15-16H,1-3,10-11,14H2,(H,24,28). The van der Waals surface area contributed by atoms with Gasteiger partial charge in [0.25, 0.3) is 5.91 Å². The first-order chi connectivity index (χ1) is 14.9. The zero-order valence-corrected chi connectivity index (χ0v) is 18.4. The summed E-state index contributed by atoms with van der Waals surface area (Å²) in [4.78, 5) is 12.8. The van der Waals surface area contributed by atoms with Crippen molar-refractivity contribution < 1.29 is 13.2 Å². The van der Waals surface area contributed by atoms with E-state index in [0.29, 0.717) is 29.2 Å². The average molecular weight is 459 g/mol. The number of nitrogens with zero attached hydrogens (tertiary/aromatic N) is 3. The van der Waals surface area contributed by atoms with E-state index in [1.54, 1.807) is 51.6 Å². The highest BCUT2D eigenvalue weighted by Crippen LogP contribution is 2.21. The molecule has 31 heavy (non-hydrogen) atoms. The summed E-state index contributed by atoms with van der Waals surface area (Å²) in [5.41, 5.74) is 1.87. The molecule has 4 rings (SSSR count). The summed E-state index contributed by atoms with van der Waals surface area (Å²) < 4.78 is 28.9. The van der Waals surface area contributed by atoms with Crippen molar-refractivity contribution in [3.05, 3.63) is 77.1 Å². The van der Waals surface area contributed by atoms with E-state index in [-0.39, 0.29) is 17.3 Å². The summed E-state index contributed by atoms with van der Waals surface area (Å²) in [5, 5.41) is 7.62. The number of rotatable bonds is 6. The Labute approximate surface area is 186 Å². The summed E-state index contributed by atoms with van der Waals surface area (Å²) in [6.07, 6.45) is 5.94. The van der Waals surface area contributed by atoms with Gasteiger partial charge in [0.2, 0.25) is 10.0 Å². The molecule has 7 nitrogen and oxygen atoms in total. The van der Waals surface area contributed by atoms with Crippen LogP contribution in [0.3, 0.4) is 0 Å². The van der Waals surface area contributed by atoms with Gasteiger partial charge >= 0.3 is 0 Å². The average Bonchev–Trinajstić information content (AvgIpc) is 3.29. The molecule has 1 saturated heterocycles. The fraction of sp³-hybridized carbons (Fsp3) is 0.273. The number of sulfonamides is 1. The van der Waals surface area contributed by atoms with Crippen LogP contribution in [0.4, 0.5) is 0 Å². The molecular formula is C22H23ClN4O3S. The molecule has 1 aliphatic heterocycles. The maximum absolute atomic E-state index is 12.9. The highest BCUT2D eigenvalue weighted by Gasteiger charge is 2.26. The Hall–Kier alpha value is -2.68. The molecule has 0 saturated carbocycles. The first-order valence-corrected chi connectivity index (χ1v) is 11.9. The number of aromatic nitrogens is 2. The number of carbonyl (C=O) groups excluding carboxylic acids is 1. The third kappa shape index (κ3) is 4.98. The number of piperidine rings is 1. The Kier molecular flexibility index (Phi) is 6.41. The van der Waals surface area contributed by atoms with Crippen LogP contribution in [-0.2, 0) is 16.6 Å². The van der Waals surface area contributed by atoms with Gasteiger partial charge in [-0.1, -0.05) is 36.2 Å². The molecule has 0 spiro atoms. The zero-order valence-electron chi connectivity index (χ0n) is 16.9. The van der Waals surface area contributed by atoms with Crippen LogP contribution in [0.1, 0.15) is 35.2 Å². The predicted molar refractivity (Wildman–Crippen MR) is 119 cm³/mol. The van der Waals surface area contributed by atoms with E-state index in [4.69, 9.17) is 11.6 Å². The zero-order chi connectivity index (χ0) is 21.8. The Morgan fingerprint density at radius 2 is 1.84 bits per heavy atom. The van der Waals surface area contributed by atoms with Gasteiger partial charge in [0.15, 0.2) is 0 Å². The molecule has 2 aromatic carbocycles. The second-order valence-electron chi connectivity index (χ2n) is 7.45. The molecule has 1 amide bonds. The summed E-state index contributed by atoms with van der Waals surface area (Å²) >= 11 is 6.01. The molecule has 2 heterocycles. The molecule has 1 aliphatic rings. The Morgan fingerprint density at radius 3 is 2.61 bits per heavy atom. The van der Waals surface area contributed by atoms with Crippen molar-refractivity contribution in [2.45, 2.75) is 30.7 Å². The van der Waals surface area contributed by atoms with E-state index in [2.05, 4.69) is 10.4 Å². The molecule has 0 aliphatic carbocycles. The third-order valence-electron chi connectivity index (χ3n) is 5.22. The molecule has 3 aromatic rings. The Bertz CT molecular complexity index is 1190. The molecule has 1 aromatic heterocycles. The third-order valence-corrected chi connectivity index (χ3v) is 7.35. The summed E-state index contributed by atoms with van der Waals surface area (Å²) in [7, 11) is -3.51. The molecule has 1 fully saturated rings. The monoisotopic (exact) mass is 458 g/mol. The van der Waals surface area contributed by atoms with Crippen molar-refractivity contribution in [3.63, 3.8) is 0 Å². The van der Waals surface area contributed by atoms with Crippen LogP contribution in [0.2, 0.25) is 5.02 Å². The fourth-order valence-electron chi connectivity index (χ4n) is 3.55. The highest BCUT2D eigenvalue weighted by molar-refractivity contribution is 7.89. The first-order valence-electron chi connectivity index (χ1n) is 10.1. The minimum absolute atomic E-state index is 0.213. The summed E-state index contributed by atoms with van der Waals surface area (Å²) in [6.45, 7) is 1.32. The van der Waals surface area contributed by atoms with Gasteiger partial charge in [-0.15, -0.1) is 0 Å². The normalized spacial score (nSPS) is 15.0. The maximum atomic E-state index is 12.9. The number of hydrogen-bond donors (Lipinski definition) is 1. The van der Waals surface area contributed by atoms with Gasteiger partial charge in [-0.3, -0.25) is 4.79 Å². The van der Waals surface area contributed by atoms with Crippen molar-refractivity contribution >= 4 is 27.5 Å². The number of amides is 1. The van der Waals surface area contributed by atoms with Crippen LogP contribution in [-0.4, -0.2) is 41.5 Å². The quantitative estimate of drug-likeness (QED) is 0.611. The van der Waals surface area contributed by atoms with Crippen LogP contribution in [0.5, 0.6) is 0 Å². The van der Waals surface area contributed by atoms with Crippen molar-refractivity contribution in [1.29, 1.82) is 0 Å². The van der Waals surface area contributed by atoms with E-state index < -0.39 is 10.0 Å². The molecule has 0 radical (unpaired) electrons. The maximum Gasteiger partial charge on any atom is 0.254 e. The van der Waals surface area contributed by atoms with Gasteiger partial charge in [-0.05, 0) is 48.7 Å². The van der Waals surface area contributed by atoms with Crippen LogP contribution >= 0.6 is 11.6 Å². The molecule has 162 valence electrons. The van der Waals surface area contributed by atoms with E-state index in [0.717, 1.165) is 24.9 Å². The first kappa shape index (κ1) is 21.5. The number of halogens is 1. The number of carbonyl (C=O) groups is 1. The van der Waals surface area contributed by atoms with Gasteiger partial charge in [0.05, 0.1) is 22.3 Å². The number of benzene rings is 2. The van der Waals surface area contributed by atoms with E-state index in [1.165, 1.54) is 6.20 Å². The smallest absolute Gasteiger partial charge is 0.254 e. The second kappa shape index (κ2) is 9.21. The van der Waals surface area contributed by atoms with Crippen molar-refractivity contribution in [2.75, 3.05) is 13.1 Å². The van der Waals surface area contributed by atoms with Crippen molar-refractivity contribution in [3.8, 4) is 5.69 Å². The van der Waals surface area contributed by atoms with Gasteiger partial charge < -0.3 is 5.32 Å². The van der Waals surface area contributed by atoms with Gasteiger partial charge in [0.1, 0.15) is 0 Å². The lowest BCUT2D eigenvalue weighted by Gasteiger charge is -2.26. The molecule has 0 atom stereocenters. The van der Waals surface area contributed by atoms with Crippen LogP contribution in [0.15, 0.2) is 65.8 Å². The lowest BCUT2D eigenvalue weighted by atomic mass is 10.2. The lowest BCUT2D eigenvalue weighted by Crippen LogP contribution is -2.35. The van der Waals surface area contributed by atoms with Crippen molar-refractivity contribution in [2.24, 2.45) is 0 Å². The van der Waals surface area contributed by atoms with Crippen molar-refractivity contribution in [1.82, 2.24) is 19.4 Å². The molecule has 0 unspecified atom stereocenters. The number of hydrogen-bond acceptors (Lipinski definition) is 4. The van der Waals surface area contributed by atoms with Crippen LogP contribution in [0, 0.1) is 0 Å². The van der Waals surface area contributed by atoms with E-state index >= 15 is 0 Å². The molecule has 9 heteroatoms. The Balaban J connectivity index is 1.43. The minimum atomic E-state index is -3.51. The topological polar surface area (TPSA) is 84.3 Å². The summed E-state index contributed by atoms with van der Waals surface area (Å²) in [6, 6.07) is 13.9. The summed E-state index contributed by atoms with van der Waals surface area (Å²) in [5.74, 6) is -0.294. The van der Waals surface area contributed by atoms with Gasteiger partial charge in [-0.25, -0.2) is 13.1 Å². The van der Waals surface area contributed by atoms with E-state index in [9.17, 15) is 13.2 Å². The fourth-order valence-corrected chi connectivity index (χ4v) is 5.33. The highest BCUT2D eigenvalue weighted by atomic mass is 35.5. The van der Waals surface area contributed by atoms with E-state index in [1.807, 2.05) is 12.1 Å². The second-order valence-corrected chi connectivity index (χ2v) is 9.82. The minimum Gasteiger partial charge on any atom is -0.348 e. The van der Waals surface area contributed by atoms with Crippen LogP contribution < -0.4 is 5.32 Å².